The molecule has 3 N–H and O–H groups in total. The van der Waals surface area contributed by atoms with E-state index in [0.29, 0.717) is 25.9 Å². The van der Waals surface area contributed by atoms with Gasteiger partial charge in [0.1, 0.15) is 24.5 Å². The van der Waals surface area contributed by atoms with Crippen molar-refractivity contribution in [3.05, 3.63) is 41.6 Å². The fourth-order valence-corrected chi connectivity index (χ4v) is 4.96. The van der Waals surface area contributed by atoms with Crippen LogP contribution < -0.4 is 19.9 Å². The van der Waals surface area contributed by atoms with Crippen molar-refractivity contribution in [2.45, 2.75) is 50.0 Å². The number of sulfonamides is 1. The van der Waals surface area contributed by atoms with Crippen molar-refractivity contribution in [1.82, 2.24) is 9.71 Å². The Morgan fingerprint density at radius 3 is 2.66 bits per heavy atom. The van der Waals surface area contributed by atoms with Gasteiger partial charge in [0.2, 0.25) is 0 Å². The molecule has 9 nitrogen and oxygen atoms in total. The molecule has 0 aliphatic carbocycles. The van der Waals surface area contributed by atoms with Gasteiger partial charge >= 0.3 is 6.36 Å². The number of benzene rings is 1. The van der Waals surface area contributed by atoms with Gasteiger partial charge in [0.05, 0.1) is 23.7 Å². The molecule has 1 atom stereocenters. The first-order valence-electron chi connectivity index (χ1n) is 11.0. The summed E-state index contributed by atoms with van der Waals surface area (Å²) < 4.78 is 76.0. The predicted octanol–water partition coefficient (Wildman–Crippen LogP) is 1.12. The minimum atomic E-state index is -5.02. The monoisotopic (exact) mass is 517 g/mol. The zero-order valence-corrected chi connectivity index (χ0v) is 19.7. The average molecular weight is 518 g/mol. The number of quaternary nitrogens is 1. The number of amides is 1. The van der Waals surface area contributed by atoms with E-state index in [1.165, 1.54) is 17.0 Å². The Morgan fingerprint density at radius 1 is 1.31 bits per heavy atom. The Labute approximate surface area is 200 Å². The molecule has 192 valence electrons. The molecule has 13 heteroatoms. The highest BCUT2D eigenvalue weighted by Crippen LogP contribution is 2.39. The van der Waals surface area contributed by atoms with Gasteiger partial charge in [-0.05, 0) is 36.6 Å². The Balaban J connectivity index is 2.12. The smallest absolute Gasteiger partial charge is 0.529 e. The largest absolute Gasteiger partial charge is 0.573 e. The number of aromatic nitrogens is 1. The number of hydrogen-bond acceptors (Lipinski definition) is 7. The summed E-state index contributed by atoms with van der Waals surface area (Å²) >= 11 is 0. The van der Waals surface area contributed by atoms with Gasteiger partial charge < -0.3 is 24.7 Å². The Hall–Kier alpha value is -2.90. The topological polar surface area (TPSA) is 134 Å². The number of ether oxygens (including phenoxy) is 2. The number of nitrogens with zero attached hydrogens (tertiary/aromatic N) is 1. The van der Waals surface area contributed by atoms with Gasteiger partial charge in [0, 0.05) is 23.7 Å². The quantitative estimate of drug-likeness (QED) is 0.509. The lowest BCUT2D eigenvalue weighted by molar-refractivity contribution is -0.677. The minimum Gasteiger partial charge on any atom is -0.529 e. The fraction of sp³-hybridized carbons (Fsp3) is 0.455. The summed E-state index contributed by atoms with van der Waals surface area (Å²) in [5.74, 6) is -0.578. The first-order valence-corrected chi connectivity index (χ1v) is 12.5. The molecule has 1 saturated heterocycles. The summed E-state index contributed by atoms with van der Waals surface area (Å²) in [6.07, 6.45) is -4.00. The molecule has 1 unspecified atom stereocenters. The van der Waals surface area contributed by atoms with Crippen LogP contribution in [0.4, 0.5) is 18.0 Å². The van der Waals surface area contributed by atoms with Crippen molar-refractivity contribution in [2.24, 2.45) is 0 Å². The Kier molecular flexibility index (Phi) is 8.56. The number of pyridine rings is 1. The van der Waals surface area contributed by atoms with Crippen molar-refractivity contribution < 1.29 is 46.3 Å². The van der Waals surface area contributed by atoms with Crippen LogP contribution in [0.15, 0.2) is 35.4 Å². The molecule has 1 aliphatic rings. The first kappa shape index (κ1) is 26.7. The Bertz CT molecular complexity index is 1130. The number of hydrogen-bond donors (Lipinski definition) is 2. The number of morpholine rings is 1. The summed E-state index contributed by atoms with van der Waals surface area (Å²) in [5.41, 5.74) is 0.644. The van der Waals surface area contributed by atoms with Crippen LogP contribution >= 0.6 is 0 Å². The van der Waals surface area contributed by atoms with Gasteiger partial charge in [0.15, 0.2) is 0 Å². The van der Waals surface area contributed by atoms with Crippen LogP contribution in [0.25, 0.3) is 11.3 Å². The third-order valence-corrected chi connectivity index (χ3v) is 6.75. The summed E-state index contributed by atoms with van der Waals surface area (Å²) in [5, 5.41) is 13.1. The summed E-state index contributed by atoms with van der Waals surface area (Å²) in [6, 6.07) is 4.89. The van der Waals surface area contributed by atoms with Crippen molar-refractivity contribution in [3.8, 4) is 17.0 Å². The first-order chi connectivity index (χ1) is 16.5. The van der Waals surface area contributed by atoms with E-state index >= 15 is 0 Å². The lowest BCUT2D eigenvalue weighted by Crippen LogP contribution is -2.89. The molecule has 2 heterocycles. The number of carboxylic acid groups (broad SMARTS) is 1. The molecule has 0 spiro atoms. The lowest BCUT2D eigenvalue weighted by atomic mass is 9.97. The number of rotatable bonds is 9. The molecular weight excluding hydrogens is 491 g/mol. The second-order valence-corrected chi connectivity index (χ2v) is 9.67. The van der Waals surface area contributed by atoms with Crippen LogP contribution in [0, 0.1) is 0 Å². The van der Waals surface area contributed by atoms with Gasteiger partial charge in [0.25, 0.3) is 10.0 Å². The van der Waals surface area contributed by atoms with Crippen molar-refractivity contribution in [3.63, 3.8) is 0 Å². The highest BCUT2D eigenvalue weighted by Gasteiger charge is 2.34. The van der Waals surface area contributed by atoms with E-state index in [4.69, 9.17) is 4.74 Å². The molecular formula is C22H26F3N3O6S. The van der Waals surface area contributed by atoms with E-state index in [2.05, 4.69) is 15.0 Å². The van der Waals surface area contributed by atoms with Crippen LogP contribution in [0.3, 0.4) is 0 Å². The third-order valence-electron chi connectivity index (χ3n) is 5.39. The van der Waals surface area contributed by atoms with Crippen LogP contribution in [-0.2, 0) is 27.6 Å². The van der Waals surface area contributed by atoms with E-state index in [1.807, 2.05) is 6.92 Å². The SMILES string of the molecule is CCCCc1c(OC(F)(F)F)ccc(S(=O)(=O)NC(=O)[O-])c1-c1ccc(CC2C[NH2+]CCO2)cn1. The predicted molar refractivity (Wildman–Crippen MR) is 116 cm³/mol. The number of alkyl halides is 3. The number of carbonyl (C=O) groups is 1. The lowest BCUT2D eigenvalue weighted by Gasteiger charge is -2.22. The van der Waals surface area contributed by atoms with Crippen LogP contribution in [0.1, 0.15) is 30.9 Å². The third kappa shape index (κ3) is 7.29. The summed E-state index contributed by atoms with van der Waals surface area (Å²) in [4.78, 5) is 14.7. The number of nitrogens with two attached hydrogens (primary N) is 1. The summed E-state index contributed by atoms with van der Waals surface area (Å²) in [6.45, 7) is 4.09. The van der Waals surface area contributed by atoms with Crippen molar-refractivity contribution in [1.29, 1.82) is 0 Å². The molecule has 1 aromatic heterocycles. The molecule has 35 heavy (non-hydrogen) atoms. The normalized spacial score (nSPS) is 16.6. The minimum absolute atomic E-state index is 0.0248. The molecule has 1 aliphatic heterocycles. The maximum atomic E-state index is 13.1. The molecule has 1 aromatic carbocycles. The number of nitrogens with one attached hydrogen (secondary N) is 1. The number of halogens is 3. The standard InChI is InChI=1S/C22H26F3N3O6S/c1-2-3-4-16-18(34-22(23,24)25)7-8-19(35(31,32)28-21(29)30)20(16)17-6-5-14(12-27-17)11-15-13-26-9-10-33-15/h5-8,12,15,26,28H,2-4,9-11,13H2,1H3,(H,29,30). The van der Waals surface area contributed by atoms with Crippen molar-refractivity contribution >= 4 is 16.1 Å². The van der Waals surface area contributed by atoms with E-state index in [0.717, 1.165) is 30.8 Å². The molecule has 2 aromatic rings. The zero-order chi connectivity index (χ0) is 25.6. The van der Waals surface area contributed by atoms with Gasteiger partial charge in [-0.25, -0.2) is 8.42 Å². The van der Waals surface area contributed by atoms with Crippen LogP contribution in [0.2, 0.25) is 0 Å². The molecule has 1 fully saturated rings. The maximum Gasteiger partial charge on any atom is 0.573 e. The highest BCUT2D eigenvalue weighted by molar-refractivity contribution is 7.90. The Morgan fingerprint density at radius 2 is 2.09 bits per heavy atom. The number of carbonyl (C=O) groups excluding carboxylic acids is 1. The van der Waals surface area contributed by atoms with Crippen LogP contribution in [0.5, 0.6) is 5.75 Å². The summed E-state index contributed by atoms with van der Waals surface area (Å²) in [7, 11) is -4.69. The number of unbranched alkanes of at least 4 members (excludes halogenated alkanes) is 1. The van der Waals surface area contributed by atoms with Gasteiger partial charge in [-0.3, -0.25) is 9.71 Å². The highest BCUT2D eigenvalue weighted by atomic mass is 32.2. The van der Waals surface area contributed by atoms with Gasteiger partial charge in [-0.15, -0.1) is 13.2 Å². The van der Waals surface area contributed by atoms with E-state index < -0.39 is 33.1 Å². The maximum absolute atomic E-state index is 13.1. The molecule has 1 amide bonds. The fourth-order valence-electron chi connectivity index (χ4n) is 3.89. The second kappa shape index (κ2) is 11.2. The van der Waals surface area contributed by atoms with Crippen molar-refractivity contribution in [2.75, 3.05) is 19.7 Å². The van der Waals surface area contributed by atoms with Crippen LogP contribution in [-0.4, -0.2) is 51.7 Å². The van der Waals surface area contributed by atoms with Gasteiger partial charge in [-0.2, -0.15) is 0 Å². The zero-order valence-electron chi connectivity index (χ0n) is 18.9. The second-order valence-electron chi connectivity index (χ2n) is 8.02. The molecule has 3 rings (SSSR count). The average Bonchev–Trinajstić information content (AvgIpc) is 2.77. The van der Waals surface area contributed by atoms with Gasteiger partial charge in [-0.1, -0.05) is 19.4 Å². The van der Waals surface area contributed by atoms with E-state index in [-0.39, 0.29) is 29.3 Å². The molecule has 0 bridgehead atoms. The molecule has 0 saturated carbocycles. The van der Waals surface area contributed by atoms with E-state index in [1.54, 1.807) is 6.07 Å². The van der Waals surface area contributed by atoms with E-state index in [9.17, 15) is 31.5 Å². The molecule has 0 radical (unpaired) electrons.